The van der Waals surface area contributed by atoms with Crippen LogP contribution in [0.4, 0.5) is 0 Å². The molecule has 0 saturated carbocycles. The minimum Gasteiger partial charge on any atom is -0.298 e. The van der Waals surface area contributed by atoms with Gasteiger partial charge in [-0.2, -0.15) is 9.78 Å². The summed E-state index contributed by atoms with van der Waals surface area (Å²) in [5, 5.41) is 0. The van der Waals surface area contributed by atoms with Crippen molar-refractivity contribution in [3.8, 4) is 0 Å². The standard InChI is InChI=1S/C8H12O6/c1-11-13-7(9)5-3-4-6-8(10)14-12-2/h5-6H,3-4H2,1-2H3. The van der Waals surface area contributed by atoms with Crippen LogP contribution in [0, 0.1) is 12.8 Å². The molecule has 0 amide bonds. The summed E-state index contributed by atoms with van der Waals surface area (Å²) >= 11 is 0. The molecule has 0 saturated heterocycles. The number of carbonyl (C=O) groups excluding carboxylic acids is 2. The molecule has 0 rings (SSSR count). The highest BCUT2D eigenvalue weighted by Crippen LogP contribution is 2.00. The molecule has 0 atom stereocenters. The Hall–Kier alpha value is -1.14. The number of unbranched alkanes of at least 4 members (excludes halogenated alkanes) is 1. The van der Waals surface area contributed by atoms with E-state index in [1.54, 1.807) is 0 Å². The average Bonchev–Trinajstić information content (AvgIpc) is 2.13. The quantitative estimate of drug-likeness (QED) is 0.339. The van der Waals surface area contributed by atoms with Crippen LogP contribution in [0.25, 0.3) is 0 Å². The first kappa shape index (κ1) is 12.9. The molecule has 2 radical (unpaired) electrons. The molecule has 0 aromatic carbocycles. The average molecular weight is 204 g/mol. The highest BCUT2D eigenvalue weighted by molar-refractivity contribution is 5.79. The summed E-state index contributed by atoms with van der Waals surface area (Å²) in [5.41, 5.74) is 0. The van der Waals surface area contributed by atoms with Crippen LogP contribution in [0.1, 0.15) is 12.8 Å². The molecule has 0 aliphatic carbocycles. The van der Waals surface area contributed by atoms with E-state index in [1.165, 1.54) is 27.1 Å². The second-order valence-corrected chi connectivity index (χ2v) is 2.12. The van der Waals surface area contributed by atoms with E-state index >= 15 is 0 Å². The predicted molar refractivity (Wildman–Crippen MR) is 44.0 cm³/mol. The van der Waals surface area contributed by atoms with Gasteiger partial charge in [0, 0.05) is 0 Å². The Morgan fingerprint density at radius 3 is 1.57 bits per heavy atom. The largest absolute Gasteiger partial charge is 0.346 e. The molecule has 0 bridgehead atoms. The fourth-order valence-corrected chi connectivity index (χ4v) is 0.635. The first-order valence-corrected chi connectivity index (χ1v) is 3.86. The summed E-state index contributed by atoms with van der Waals surface area (Å²) in [5.74, 6) is -1.19. The van der Waals surface area contributed by atoms with Gasteiger partial charge in [-0.15, -0.1) is 0 Å². The van der Waals surface area contributed by atoms with Crippen molar-refractivity contribution in [1.82, 2.24) is 0 Å². The lowest BCUT2D eigenvalue weighted by molar-refractivity contribution is -0.252. The Morgan fingerprint density at radius 2 is 1.29 bits per heavy atom. The molecule has 80 valence electrons. The van der Waals surface area contributed by atoms with Crippen molar-refractivity contribution in [2.24, 2.45) is 0 Å². The van der Waals surface area contributed by atoms with Crippen molar-refractivity contribution in [2.45, 2.75) is 12.8 Å². The molecule has 6 nitrogen and oxygen atoms in total. The van der Waals surface area contributed by atoms with E-state index in [0.717, 1.165) is 0 Å². The third-order valence-electron chi connectivity index (χ3n) is 1.12. The zero-order valence-corrected chi connectivity index (χ0v) is 8.02. The molecule has 0 aliphatic heterocycles. The van der Waals surface area contributed by atoms with Gasteiger partial charge in [0.05, 0.1) is 27.1 Å². The van der Waals surface area contributed by atoms with Gasteiger partial charge in [0.25, 0.3) is 0 Å². The van der Waals surface area contributed by atoms with E-state index in [1.807, 2.05) is 0 Å². The molecule has 0 aromatic heterocycles. The molecule has 0 fully saturated rings. The van der Waals surface area contributed by atoms with Gasteiger partial charge in [0.15, 0.2) is 0 Å². The maximum Gasteiger partial charge on any atom is 0.346 e. The highest BCUT2D eigenvalue weighted by Gasteiger charge is 2.07. The van der Waals surface area contributed by atoms with Crippen LogP contribution in [0.3, 0.4) is 0 Å². The van der Waals surface area contributed by atoms with Gasteiger partial charge in [-0.1, -0.05) is 0 Å². The lowest BCUT2D eigenvalue weighted by Gasteiger charge is -1.99. The number of hydrogen-bond donors (Lipinski definition) is 0. The molecule has 0 unspecified atom stereocenters. The third kappa shape index (κ3) is 7.51. The highest BCUT2D eigenvalue weighted by atomic mass is 17.2. The third-order valence-corrected chi connectivity index (χ3v) is 1.12. The zero-order chi connectivity index (χ0) is 10.8. The first-order chi connectivity index (χ1) is 6.70. The number of carbonyl (C=O) groups is 2. The number of rotatable bonds is 7. The fourth-order valence-electron chi connectivity index (χ4n) is 0.635. The normalized spacial score (nSPS) is 9.57. The summed E-state index contributed by atoms with van der Waals surface area (Å²) in [4.78, 5) is 37.8. The summed E-state index contributed by atoms with van der Waals surface area (Å²) < 4.78 is 0. The minimum absolute atomic E-state index is 0.362. The van der Waals surface area contributed by atoms with E-state index in [0.29, 0.717) is 12.8 Å². The Balaban J connectivity index is 3.28. The Labute approximate surface area is 81.9 Å². The lowest BCUT2D eigenvalue weighted by Crippen LogP contribution is -2.06. The van der Waals surface area contributed by atoms with Gasteiger partial charge < -0.3 is 0 Å². The second-order valence-electron chi connectivity index (χ2n) is 2.12. The fraction of sp³-hybridized carbons (Fsp3) is 0.500. The van der Waals surface area contributed by atoms with E-state index < -0.39 is 11.9 Å². The van der Waals surface area contributed by atoms with Crippen molar-refractivity contribution in [3.63, 3.8) is 0 Å². The van der Waals surface area contributed by atoms with Crippen LogP contribution in [0.15, 0.2) is 0 Å². The maximum absolute atomic E-state index is 10.7. The van der Waals surface area contributed by atoms with Crippen molar-refractivity contribution in [1.29, 1.82) is 0 Å². The van der Waals surface area contributed by atoms with Crippen molar-refractivity contribution in [3.05, 3.63) is 12.8 Å². The van der Waals surface area contributed by atoms with Crippen LogP contribution < -0.4 is 0 Å². The van der Waals surface area contributed by atoms with Crippen LogP contribution in [-0.4, -0.2) is 26.2 Å². The van der Waals surface area contributed by atoms with Crippen molar-refractivity contribution in [2.75, 3.05) is 14.2 Å². The lowest BCUT2D eigenvalue weighted by atomic mass is 10.2. The second kappa shape index (κ2) is 8.46. The van der Waals surface area contributed by atoms with Crippen molar-refractivity contribution < 1.29 is 29.1 Å². The summed E-state index contributed by atoms with van der Waals surface area (Å²) in [6.45, 7) is 0. The molecule has 0 aliphatic rings. The van der Waals surface area contributed by atoms with Gasteiger partial charge in [0.2, 0.25) is 0 Å². The summed E-state index contributed by atoms with van der Waals surface area (Å²) in [6.07, 6.45) is 3.22. The molecule has 0 aromatic rings. The summed E-state index contributed by atoms with van der Waals surface area (Å²) in [6, 6.07) is 0. The van der Waals surface area contributed by atoms with Gasteiger partial charge in [-0.3, -0.25) is 9.78 Å². The topological polar surface area (TPSA) is 71.1 Å². The van der Waals surface area contributed by atoms with Crippen LogP contribution in [-0.2, 0) is 29.1 Å². The van der Waals surface area contributed by atoms with E-state index in [4.69, 9.17) is 0 Å². The SMILES string of the molecule is COOC(=O)[CH]CC[CH]C(=O)OOC. The van der Waals surface area contributed by atoms with Crippen LogP contribution in [0.2, 0.25) is 0 Å². The van der Waals surface area contributed by atoms with Gasteiger partial charge in [0.1, 0.15) is 0 Å². The first-order valence-electron chi connectivity index (χ1n) is 3.86. The molecule has 0 spiro atoms. The zero-order valence-electron chi connectivity index (χ0n) is 8.02. The maximum atomic E-state index is 10.7. The van der Waals surface area contributed by atoms with Crippen LogP contribution >= 0.6 is 0 Å². The minimum atomic E-state index is -0.596. The van der Waals surface area contributed by atoms with E-state index in [2.05, 4.69) is 19.6 Å². The molecule has 14 heavy (non-hydrogen) atoms. The Morgan fingerprint density at radius 1 is 0.929 bits per heavy atom. The van der Waals surface area contributed by atoms with Gasteiger partial charge in [-0.05, 0) is 12.8 Å². The van der Waals surface area contributed by atoms with E-state index in [-0.39, 0.29) is 0 Å². The molecular formula is C8H12O6. The molecule has 6 heteroatoms. The van der Waals surface area contributed by atoms with Gasteiger partial charge >= 0.3 is 11.9 Å². The Bertz CT molecular complexity index is 159. The van der Waals surface area contributed by atoms with Crippen molar-refractivity contribution >= 4 is 11.9 Å². The van der Waals surface area contributed by atoms with Crippen LogP contribution in [0.5, 0.6) is 0 Å². The van der Waals surface area contributed by atoms with Gasteiger partial charge in [-0.25, -0.2) is 9.59 Å². The number of hydrogen-bond acceptors (Lipinski definition) is 6. The van der Waals surface area contributed by atoms with E-state index in [9.17, 15) is 9.59 Å². The molecule has 0 N–H and O–H groups in total. The molecule has 0 heterocycles. The molecular weight excluding hydrogens is 192 g/mol. The summed E-state index contributed by atoms with van der Waals surface area (Å²) in [7, 11) is 2.46. The predicted octanol–water partition coefficient (Wildman–Crippen LogP) is 0.384. The Kier molecular flexibility index (Phi) is 7.77. The smallest absolute Gasteiger partial charge is 0.298 e. The monoisotopic (exact) mass is 204 g/mol.